The van der Waals surface area contributed by atoms with E-state index in [0.29, 0.717) is 0 Å². The van der Waals surface area contributed by atoms with Gasteiger partial charge >= 0.3 is 29.6 Å². The molecule has 0 aromatic rings. The van der Waals surface area contributed by atoms with Crippen molar-refractivity contribution in [1.82, 2.24) is 0 Å². The first-order valence-electron chi connectivity index (χ1n) is 1.47. The predicted octanol–water partition coefficient (Wildman–Crippen LogP) is -2.30. The van der Waals surface area contributed by atoms with Crippen LogP contribution in [-0.4, -0.2) is 17.1 Å². The molecule has 0 aromatic heterocycles. The van der Waals surface area contributed by atoms with Gasteiger partial charge in [0, 0.05) is 9.04 Å². The second kappa shape index (κ2) is 6.23. The van der Waals surface area contributed by atoms with Gasteiger partial charge in [0.2, 0.25) is 0 Å². The molecule has 1 nitrogen and oxygen atoms in total. The molecule has 4 heteroatoms. The molecular formula is C2H6NNaSi2. The van der Waals surface area contributed by atoms with Crippen molar-refractivity contribution < 1.29 is 29.6 Å². The number of hydrogen-bond acceptors (Lipinski definition) is 0. The number of nitrogens with zero attached hydrogens (tertiary/aromatic N) is 1. The molecule has 0 aromatic carbocycles. The van der Waals surface area contributed by atoms with E-state index in [1.165, 1.54) is 0 Å². The smallest absolute Gasteiger partial charge is 0.829 e. The minimum atomic E-state index is -0.846. The van der Waals surface area contributed by atoms with Gasteiger partial charge in [-0.2, -0.15) is 8.11 Å². The standard InChI is InChI=1S/C2H6NSi2.Na/c1-4-5(2)3;/h1-2H3;/q-1;+1. The minimum Gasteiger partial charge on any atom is -0.829 e. The zero-order valence-electron chi connectivity index (χ0n) is 4.45. The first-order chi connectivity index (χ1) is 2.27. The van der Waals surface area contributed by atoms with Crippen molar-refractivity contribution in [3.8, 4) is 0 Å². The Morgan fingerprint density at radius 1 is 1.67 bits per heavy atom. The topological polar surface area (TPSA) is 22.3 Å². The van der Waals surface area contributed by atoms with Gasteiger partial charge in [-0.25, -0.2) is 0 Å². The van der Waals surface area contributed by atoms with Crippen molar-refractivity contribution in [2.75, 3.05) is 0 Å². The van der Waals surface area contributed by atoms with Gasteiger partial charge in [-0.1, -0.05) is 13.1 Å². The Bertz CT molecular complexity index is 46.8. The van der Waals surface area contributed by atoms with Gasteiger partial charge in [-0.05, 0) is 0 Å². The Morgan fingerprint density at radius 3 is 1.83 bits per heavy atom. The summed E-state index contributed by atoms with van der Waals surface area (Å²) in [6, 6.07) is 0. The van der Waals surface area contributed by atoms with Crippen molar-refractivity contribution in [3.63, 3.8) is 0 Å². The fourth-order valence-corrected chi connectivity index (χ4v) is 0. The molecule has 0 amide bonds. The molecule has 0 atom stereocenters. The van der Waals surface area contributed by atoms with E-state index in [1.807, 2.05) is 13.1 Å². The molecule has 6 heavy (non-hydrogen) atoms. The van der Waals surface area contributed by atoms with Crippen LogP contribution >= 0.6 is 0 Å². The van der Waals surface area contributed by atoms with Gasteiger partial charge in [0.1, 0.15) is 0 Å². The number of hydrogen-bond donors (Lipinski definition) is 0. The summed E-state index contributed by atoms with van der Waals surface area (Å²) < 4.78 is 0. The van der Waals surface area contributed by atoms with Crippen LogP contribution in [0.5, 0.6) is 0 Å². The fourth-order valence-electron chi connectivity index (χ4n) is 0. The Kier molecular flexibility index (Phi) is 10.7. The minimum absolute atomic E-state index is 0. The molecule has 0 aliphatic rings. The van der Waals surface area contributed by atoms with Crippen LogP contribution in [0, 0.1) is 0 Å². The van der Waals surface area contributed by atoms with E-state index in [2.05, 4.69) is 0 Å². The summed E-state index contributed by atoms with van der Waals surface area (Å²) in [5.74, 6) is 0. The Hall–Kier alpha value is 1.23. The van der Waals surface area contributed by atoms with E-state index in [-0.39, 0.29) is 29.6 Å². The van der Waals surface area contributed by atoms with Gasteiger partial charge in [-0.15, -0.1) is 0 Å². The molecule has 0 aliphatic carbocycles. The van der Waals surface area contributed by atoms with E-state index in [9.17, 15) is 0 Å². The van der Waals surface area contributed by atoms with Crippen molar-refractivity contribution in [1.29, 1.82) is 0 Å². The third kappa shape index (κ3) is 8.97. The maximum Gasteiger partial charge on any atom is 1.00 e. The third-order valence-corrected chi connectivity index (χ3v) is 3.26. The molecule has 2 radical (unpaired) electrons. The van der Waals surface area contributed by atoms with Crippen molar-refractivity contribution in [2.45, 2.75) is 13.1 Å². The van der Waals surface area contributed by atoms with Crippen LogP contribution in [0.4, 0.5) is 0 Å². The van der Waals surface area contributed by atoms with E-state index in [0.717, 1.165) is 9.04 Å². The fraction of sp³-hybridized carbons (Fsp3) is 1.00. The normalized spacial score (nSPS) is 6.33. The Labute approximate surface area is 64.6 Å². The SMILES string of the molecule is C[Si][Si](C)=[N-].[Na+]. The van der Waals surface area contributed by atoms with E-state index < -0.39 is 8.11 Å². The summed E-state index contributed by atoms with van der Waals surface area (Å²) in [4.78, 5) is 0. The van der Waals surface area contributed by atoms with Crippen molar-refractivity contribution in [2.24, 2.45) is 0 Å². The maximum atomic E-state index is 8.48. The van der Waals surface area contributed by atoms with Crippen LogP contribution < -0.4 is 29.6 Å². The molecular weight excluding hydrogens is 117 g/mol. The average molecular weight is 123 g/mol. The average Bonchev–Trinajstić information content (AvgIpc) is 1.38. The van der Waals surface area contributed by atoms with Gasteiger partial charge < -0.3 is 5.05 Å². The zero-order chi connectivity index (χ0) is 4.28. The van der Waals surface area contributed by atoms with Crippen LogP contribution in [0.15, 0.2) is 0 Å². The van der Waals surface area contributed by atoms with Crippen LogP contribution in [0.2, 0.25) is 13.1 Å². The number of rotatable bonds is 1. The molecule has 0 rings (SSSR count). The second-order valence-electron chi connectivity index (χ2n) is 0.835. The maximum absolute atomic E-state index is 8.48. The second-order valence-corrected chi connectivity index (χ2v) is 6.18. The summed E-state index contributed by atoms with van der Waals surface area (Å²) in [5.41, 5.74) is 0. The van der Waals surface area contributed by atoms with E-state index >= 15 is 0 Å². The van der Waals surface area contributed by atoms with Crippen LogP contribution in [0.3, 0.4) is 0 Å². The molecule has 0 bridgehead atoms. The third-order valence-electron chi connectivity index (χ3n) is 0.362. The Balaban J connectivity index is 0. The first-order valence-corrected chi connectivity index (χ1v) is 5.92. The molecule has 0 heterocycles. The Morgan fingerprint density at radius 2 is 1.83 bits per heavy atom. The summed E-state index contributed by atoms with van der Waals surface area (Å²) in [7, 11) is -0.0746. The van der Waals surface area contributed by atoms with Gasteiger partial charge in [0.15, 0.2) is 0 Å². The molecule has 0 unspecified atom stereocenters. The van der Waals surface area contributed by atoms with Crippen molar-refractivity contribution in [3.05, 3.63) is 5.05 Å². The summed E-state index contributed by atoms with van der Waals surface area (Å²) in [6.07, 6.45) is 0. The van der Waals surface area contributed by atoms with Gasteiger partial charge in [-0.3, -0.25) is 0 Å². The quantitative estimate of drug-likeness (QED) is 0.350. The first kappa shape index (κ1) is 10.3. The molecule has 0 aliphatic heterocycles. The molecule has 0 spiro atoms. The zero-order valence-corrected chi connectivity index (χ0v) is 8.45. The van der Waals surface area contributed by atoms with Crippen LogP contribution in [0.25, 0.3) is 5.05 Å². The molecule has 0 fully saturated rings. The monoisotopic (exact) mass is 123 g/mol. The van der Waals surface area contributed by atoms with Crippen molar-refractivity contribution >= 4 is 17.1 Å². The summed E-state index contributed by atoms with van der Waals surface area (Å²) >= 11 is 0. The summed E-state index contributed by atoms with van der Waals surface area (Å²) in [5, 5.41) is 8.48. The van der Waals surface area contributed by atoms with E-state index in [1.54, 1.807) is 0 Å². The molecule has 0 N–H and O–H groups in total. The van der Waals surface area contributed by atoms with Crippen LogP contribution in [0.1, 0.15) is 0 Å². The molecule has 0 saturated heterocycles. The van der Waals surface area contributed by atoms with Gasteiger partial charge in [0.05, 0.1) is 0 Å². The largest absolute Gasteiger partial charge is 1.00 e. The molecule has 0 saturated carbocycles. The summed E-state index contributed by atoms with van der Waals surface area (Å²) in [6.45, 7) is 3.91. The predicted molar refractivity (Wildman–Crippen MR) is 26.6 cm³/mol. The van der Waals surface area contributed by atoms with Gasteiger partial charge in [0.25, 0.3) is 0 Å². The van der Waals surface area contributed by atoms with E-state index in [4.69, 9.17) is 5.05 Å². The molecule has 28 valence electrons. The van der Waals surface area contributed by atoms with Crippen LogP contribution in [-0.2, 0) is 0 Å².